The average molecular weight is 294 g/mol. The summed E-state index contributed by atoms with van der Waals surface area (Å²) in [5.74, 6) is -3.75. The van der Waals surface area contributed by atoms with Crippen molar-refractivity contribution in [2.24, 2.45) is 0 Å². The molecule has 0 heterocycles. The molecule has 0 spiro atoms. The first-order chi connectivity index (χ1) is 9.80. The summed E-state index contributed by atoms with van der Waals surface area (Å²) < 4.78 is 0. The summed E-state index contributed by atoms with van der Waals surface area (Å²) in [7, 11) is 0. The number of ketones is 1. The van der Waals surface area contributed by atoms with Gasteiger partial charge >= 0.3 is 11.9 Å². The molecule has 0 unspecified atom stereocenters. The minimum absolute atomic E-state index is 0.175. The molecule has 1 rings (SSSR count). The van der Waals surface area contributed by atoms with E-state index in [9.17, 15) is 19.8 Å². The molecule has 3 N–H and O–H groups in total. The fourth-order valence-electron chi connectivity index (χ4n) is 1.82. The third-order valence-corrected chi connectivity index (χ3v) is 3.21. The Morgan fingerprint density at radius 2 is 1.67 bits per heavy atom. The van der Waals surface area contributed by atoms with Crippen molar-refractivity contribution in [2.75, 3.05) is 13.1 Å². The van der Waals surface area contributed by atoms with Crippen LogP contribution in [0.15, 0.2) is 24.3 Å². The number of Topliss-reactive ketones (excluding diaryl/α,β-unsaturated/α-hetero) is 1. The van der Waals surface area contributed by atoms with Gasteiger partial charge in [-0.15, -0.1) is 0 Å². The molecule has 0 aromatic heterocycles. The van der Waals surface area contributed by atoms with Crippen LogP contribution in [0.3, 0.4) is 0 Å². The molecule has 21 heavy (non-hydrogen) atoms. The minimum Gasteiger partial charge on any atom is -0.343 e. The molecule has 116 valence electrons. The molecular formula is C15H22N2O4. The van der Waals surface area contributed by atoms with E-state index in [1.807, 2.05) is 24.4 Å². The lowest BCUT2D eigenvalue weighted by Gasteiger charge is -2.26. The number of carbonyl (C=O) groups excluding carboxylic acids is 2. The molecule has 0 saturated carbocycles. The second kappa shape index (κ2) is 7.19. The highest BCUT2D eigenvalue weighted by Gasteiger charge is 2.35. The number of nitrogens with one attached hydrogen (secondary N) is 1. The van der Waals surface area contributed by atoms with Gasteiger partial charge in [0.05, 0.1) is 0 Å². The van der Waals surface area contributed by atoms with E-state index in [0.29, 0.717) is 18.7 Å². The van der Waals surface area contributed by atoms with Crippen molar-refractivity contribution in [1.82, 2.24) is 10.2 Å². The molecule has 0 bridgehead atoms. The highest BCUT2D eigenvalue weighted by atomic mass is 16.5. The van der Waals surface area contributed by atoms with Gasteiger partial charge in [0, 0.05) is 19.5 Å². The van der Waals surface area contributed by atoms with Gasteiger partial charge < -0.3 is 15.1 Å². The smallest absolute Gasteiger partial charge is 0.321 e. The second-order valence-electron chi connectivity index (χ2n) is 4.86. The number of urea groups is 1. The maximum absolute atomic E-state index is 11.9. The van der Waals surface area contributed by atoms with E-state index in [0.717, 1.165) is 5.56 Å². The number of aryl methyl sites for hydroxylation is 1. The third kappa shape index (κ3) is 4.84. The minimum atomic E-state index is -2.87. The second-order valence-corrected chi connectivity index (χ2v) is 4.86. The highest BCUT2D eigenvalue weighted by Crippen LogP contribution is 2.08. The van der Waals surface area contributed by atoms with Crippen LogP contribution in [0.5, 0.6) is 0 Å². The Balaban J connectivity index is 2.70. The van der Waals surface area contributed by atoms with Gasteiger partial charge in [0.1, 0.15) is 0 Å². The summed E-state index contributed by atoms with van der Waals surface area (Å²) in [4.78, 5) is 25.0. The van der Waals surface area contributed by atoms with Crippen molar-refractivity contribution in [3.05, 3.63) is 35.4 Å². The van der Waals surface area contributed by atoms with Crippen LogP contribution in [-0.4, -0.2) is 45.9 Å². The Morgan fingerprint density at radius 1 is 1.14 bits per heavy atom. The van der Waals surface area contributed by atoms with Gasteiger partial charge in [-0.25, -0.2) is 4.79 Å². The first kappa shape index (κ1) is 17.1. The molecule has 6 heteroatoms. The van der Waals surface area contributed by atoms with Crippen LogP contribution in [-0.2, 0) is 11.2 Å². The van der Waals surface area contributed by atoms with Crippen molar-refractivity contribution in [2.45, 2.75) is 33.1 Å². The number of hydrogen-bond acceptors (Lipinski definition) is 4. The normalized spacial score (nSPS) is 11.1. The van der Waals surface area contributed by atoms with E-state index in [-0.39, 0.29) is 6.42 Å². The highest BCUT2D eigenvalue weighted by molar-refractivity contribution is 5.90. The summed E-state index contributed by atoms with van der Waals surface area (Å²) in [6.45, 7) is 6.24. The number of aliphatic hydroxyl groups is 2. The van der Waals surface area contributed by atoms with E-state index in [1.165, 1.54) is 4.90 Å². The summed E-state index contributed by atoms with van der Waals surface area (Å²) in [5.41, 5.74) is 1.69. The lowest BCUT2D eigenvalue weighted by molar-refractivity contribution is -0.190. The van der Waals surface area contributed by atoms with Crippen LogP contribution in [0.25, 0.3) is 0 Å². The molecule has 0 atom stereocenters. The largest absolute Gasteiger partial charge is 0.343 e. The van der Waals surface area contributed by atoms with Crippen LogP contribution in [0.4, 0.5) is 4.79 Å². The van der Waals surface area contributed by atoms with Crippen LogP contribution in [0, 0.1) is 6.92 Å². The summed E-state index contributed by atoms with van der Waals surface area (Å²) in [6, 6.07) is 6.42. The van der Waals surface area contributed by atoms with Crippen molar-refractivity contribution in [3.63, 3.8) is 0 Å². The standard InChI is InChI=1S/C15H22N2O4/c1-4-17(5-2)14(19)16-15(20,21)13(18)10-12-8-6-11(3)7-9-12/h6-9,20-21H,4-5,10H2,1-3H3,(H,16,19). The molecular weight excluding hydrogens is 272 g/mol. The van der Waals surface area contributed by atoms with Gasteiger partial charge in [-0.2, -0.15) is 0 Å². The van der Waals surface area contributed by atoms with Crippen molar-refractivity contribution < 1.29 is 19.8 Å². The molecule has 6 nitrogen and oxygen atoms in total. The van der Waals surface area contributed by atoms with Gasteiger partial charge in [0.15, 0.2) is 0 Å². The van der Waals surface area contributed by atoms with E-state index in [2.05, 4.69) is 0 Å². The predicted octanol–water partition coefficient (Wildman–Crippen LogP) is 0.796. The molecule has 1 aromatic rings. The van der Waals surface area contributed by atoms with Gasteiger partial charge in [-0.3, -0.25) is 10.1 Å². The average Bonchev–Trinajstić information content (AvgIpc) is 2.42. The van der Waals surface area contributed by atoms with Crippen molar-refractivity contribution >= 4 is 11.8 Å². The molecule has 0 aliphatic heterocycles. The third-order valence-electron chi connectivity index (χ3n) is 3.21. The molecule has 0 fully saturated rings. The Labute approximate surface area is 124 Å². The first-order valence-corrected chi connectivity index (χ1v) is 6.90. The number of hydrogen-bond donors (Lipinski definition) is 3. The zero-order chi connectivity index (χ0) is 16.0. The van der Waals surface area contributed by atoms with E-state index < -0.39 is 17.7 Å². The number of rotatable bonds is 6. The van der Waals surface area contributed by atoms with Crippen molar-refractivity contribution in [1.29, 1.82) is 0 Å². The van der Waals surface area contributed by atoms with Gasteiger partial charge in [-0.05, 0) is 26.3 Å². The monoisotopic (exact) mass is 294 g/mol. The Bertz CT molecular complexity index is 493. The van der Waals surface area contributed by atoms with Gasteiger partial charge in [0.25, 0.3) is 0 Å². The first-order valence-electron chi connectivity index (χ1n) is 6.90. The molecule has 0 radical (unpaired) electrons. The number of nitrogens with zero attached hydrogens (tertiary/aromatic N) is 1. The van der Waals surface area contributed by atoms with Crippen molar-refractivity contribution in [3.8, 4) is 0 Å². The maximum atomic E-state index is 11.9. The van der Waals surface area contributed by atoms with Crippen LogP contribution in [0.1, 0.15) is 25.0 Å². The van der Waals surface area contributed by atoms with Crippen LogP contribution >= 0.6 is 0 Å². The zero-order valence-corrected chi connectivity index (χ0v) is 12.6. The molecule has 0 aliphatic rings. The number of carbonyl (C=O) groups is 2. The van der Waals surface area contributed by atoms with Gasteiger partial charge in [0.2, 0.25) is 5.78 Å². The van der Waals surface area contributed by atoms with E-state index in [1.54, 1.807) is 26.0 Å². The van der Waals surface area contributed by atoms with E-state index >= 15 is 0 Å². The maximum Gasteiger partial charge on any atom is 0.321 e. The molecule has 0 saturated heterocycles. The molecule has 0 aliphatic carbocycles. The number of amides is 2. The lowest BCUT2D eigenvalue weighted by atomic mass is 10.1. The Kier molecular flexibility index (Phi) is 5.87. The van der Waals surface area contributed by atoms with Gasteiger partial charge in [-0.1, -0.05) is 29.8 Å². The Hall–Kier alpha value is -1.92. The quantitative estimate of drug-likeness (QED) is 0.677. The van der Waals surface area contributed by atoms with E-state index in [4.69, 9.17) is 0 Å². The summed E-state index contributed by atoms with van der Waals surface area (Å²) >= 11 is 0. The Morgan fingerprint density at radius 3 is 2.14 bits per heavy atom. The van der Waals surface area contributed by atoms with Crippen LogP contribution < -0.4 is 5.32 Å². The summed E-state index contributed by atoms with van der Waals surface area (Å²) in [6.07, 6.45) is -0.175. The topological polar surface area (TPSA) is 89.9 Å². The lowest BCUT2D eigenvalue weighted by Crippen LogP contribution is -2.58. The molecule has 1 aromatic carbocycles. The summed E-state index contributed by atoms with van der Waals surface area (Å²) in [5, 5.41) is 21.5. The SMILES string of the molecule is CCN(CC)C(=O)NC(O)(O)C(=O)Cc1ccc(C)cc1. The number of benzene rings is 1. The fraction of sp³-hybridized carbons (Fsp3) is 0.467. The zero-order valence-electron chi connectivity index (χ0n) is 12.6. The predicted molar refractivity (Wildman–Crippen MR) is 78.5 cm³/mol. The van der Waals surface area contributed by atoms with Crippen LogP contribution in [0.2, 0.25) is 0 Å². The fourth-order valence-corrected chi connectivity index (χ4v) is 1.82. The molecule has 2 amide bonds.